The molecular formula is C35H38N2O4. The first kappa shape index (κ1) is 27.4. The maximum absolute atomic E-state index is 13.2. The Hall–Kier alpha value is -3.77. The first-order valence-electron chi connectivity index (χ1n) is 14.9. The van der Waals surface area contributed by atoms with Crippen LogP contribution >= 0.6 is 0 Å². The van der Waals surface area contributed by atoms with Gasteiger partial charge in [-0.25, -0.2) is 0 Å². The van der Waals surface area contributed by atoms with Crippen LogP contribution in [0.5, 0.6) is 5.75 Å². The third-order valence-electron chi connectivity index (χ3n) is 9.41. The molecule has 1 unspecified atom stereocenters. The molecule has 0 aliphatic heterocycles. The predicted octanol–water partition coefficient (Wildman–Crippen LogP) is 5.56. The molecule has 6 rings (SSSR count). The number of carbonyl (C=O) groups excluding carboxylic acids is 3. The van der Waals surface area contributed by atoms with E-state index in [4.69, 9.17) is 0 Å². The quantitative estimate of drug-likeness (QED) is 0.341. The number of nitrogens with zero attached hydrogens (tertiary/aromatic N) is 1. The molecular weight excluding hydrogens is 512 g/mol. The topological polar surface area (TPSA) is 86.7 Å². The van der Waals surface area contributed by atoms with E-state index in [1.165, 1.54) is 12.8 Å². The van der Waals surface area contributed by atoms with E-state index in [9.17, 15) is 19.5 Å². The number of nitrogens with one attached hydrogen (secondary N) is 1. The molecule has 6 heteroatoms. The number of amides is 1. The van der Waals surface area contributed by atoms with Crippen LogP contribution in [0.4, 0.5) is 0 Å². The number of likely N-dealkylation sites (N-methyl/N-ethyl adjacent to an activating group) is 1. The SMILES string of the molecule is CN(CC1CC1)[C@@H]1Cc2ccc(C(=O)NCCc3ccc(-c4ccc(C=O)cc4)cc3)c(O)c2C2CC(=O)CC[C@H]21. The second-order valence-corrected chi connectivity index (χ2v) is 12.2. The van der Waals surface area contributed by atoms with Gasteiger partial charge in [-0.3, -0.25) is 14.4 Å². The Morgan fingerprint density at radius 1 is 0.976 bits per heavy atom. The molecule has 3 atom stereocenters. The van der Waals surface area contributed by atoms with Crippen molar-refractivity contribution >= 4 is 18.0 Å². The van der Waals surface area contributed by atoms with Gasteiger partial charge in [0.15, 0.2) is 0 Å². The number of phenolic OH excluding ortho intramolecular Hbond substituents is 1. The minimum Gasteiger partial charge on any atom is -0.507 e. The van der Waals surface area contributed by atoms with E-state index in [1.54, 1.807) is 18.2 Å². The van der Waals surface area contributed by atoms with Gasteiger partial charge in [0.25, 0.3) is 5.91 Å². The molecule has 0 saturated heterocycles. The fraction of sp³-hybridized carbons (Fsp3) is 0.400. The van der Waals surface area contributed by atoms with E-state index in [0.717, 1.165) is 59.4 Å². The lowest BCUT2D eigenvalue weighted by molar-refractivity contribution is -0.122. The molecule has 2 saturated carbocycles. The summed E-state index contributed by atoms with van der Waals surface area (Å²) in [6.07, 6.45) is 6.87. The number of carbonyl (C=O) groups is 3. The van der Waals surface area contributed by atoms with E-state index < -0.39 is 0 Å². The minimum absolute atomic E-state index is 0.0347. The van der Waals surface area contributed by atoms with E-state index in [2.05, 4.69) is 17.3 Å². The lowest BCUT2D eigenvalue weighted by Crippen LogP contribution is -2.47. The van der Waals surface area contributed by atoms with Gasteiger partial charge in [-0.05, 0) is 85.2 Å². The van der Waals surface area contributed by atoms with Gasteiger partial charge in [-0.2, -0.15) is 0 Å². The number of benzene rings is 3. The van der Waals surface area contributed by atoms with Crippen molar-refractivity contribution in [3.05, 3.63) is 88.5 Å². The zero-order valence-electron chi connectivity index (χ0n) is 23.6. The maximum atomic E-state index is 13.2. The van der Waals surface area contributed by atoms with Crippen molar-refractivity contribution in [2.75, 3.05) is 20.1 Å². The average molecular weight is 551 g/mol. The van der Waals surface area contributed by atoms with Crippen LogP contribution in [0.25, 0.3) is 11.1 Å². The molecule has 3 aliphatic carbocycles. The largest absolute Gasteiger partial charge is 0.507 e. The molecule has 1 amide bonds. The summed E-state index contributed by atoms with van der Waals surface area (Å²) >= 11 is 0. The highest BCUT2D eigenvalue weighted by Crippen LogP contribution is 2.49. The van der Waals surface area contributed by atoms with Crippen molar-refractivity contribution in [2.24, 2.45) is 11.8 Å². The summed E-state index contributed by atoms with van der Waals surface area (Å²) in [5.74, 6) is 1.10. The molecule has 2 fully saturated rings. The summed E-state index contributed by atoms with van der Waals surface area (Å²) in [6, 6.07) is 19.8. The normalized spacial score (nSPS) is 21.7. The minimum atomic E-state index is -0.288. The van der Waals surface area contributed by atoms with Crippen LogP contribution in [-0.2, 0) is 17.6 Å². The first-order chi connectivity index (χ1) is 19.9. The Morgan fingerprint density at radius 3 is 2.37 bits per heavy atom. The van der Waals surface area contributed by atoms with Gasteiger partial charge >= 0.3 is 0 Å². The fourth-order valence-electron chi connectivity index (χ4n) is 6.97. The zero-order chi connectivity index (χ0) is 28.5. The molecule has 3 aliphatic rings. The summed E-state index contributed by atoms with van der Waals surface area (Å²) in [4.78, 5) is 39.1. The number of fused-ring (bicyclic) bond motifs is 3. The fourth-order valence-corrected chi connectivity index (χ4v) is 6.97. The average Bonchev–Trinajstić information content (AvgIpc) is 3.81. The Morgan fingerprint density at radius 2 is 1.68 bits per heavy atom. The number of rotatable bonds is 9. The summed E-state index contributed by atoms with van der Waals surface area (Å²) in [7, 11) is 2.21. The molecule has 2 N–H and O–H groups in total. The number of aromatic hydroxyl groups is 1. The molecule has 0 heterocycles. The van der Waals surface area contributed by atoms with Crippen LogP contribution in [0.3, 0.4) is 0 Å². The van der Waals surface area contributed by atoms with E-state index in [0.29, 0.717) is 48.9 Å². The standard InChI is InChI=1S/C35H38N2O4/c1-37(20-23-2-3-23)32-18-27-12-14-30(34(40)33(27)31-19-28(39)13-15-29(31)32)35(41)36-17-16-22-4-8-25(9-5-22)26-10-6-24(21-38)7-11-26/h4-12,14,21,23,29,31-32,40H,2-3,13,15-20H2,1H3,(H,36,41)/t29-,31?,32-/m1/s1. The molecule has 6 nitrogen and oxygen atoms in total. The molecule has 3 aromatic carbocycles. The van der Waals surface area contributed by atoms with Crippen molar-refractivity contribution in [2.45, 2.75) is 56.9 Å². The highest BCUT2D eigenvalue weighted by atomic mass is 16.3. The number of aldehydes is 1. The molecule has 3 aromatic rings. The Bertz CT molecular complexity index is 1440. The van der Waals surface area contributed by atoms with Crippen LogP contribution in [0.1, 0.15) is 75.4 Å². The summed E-state index contributed by atoms with van der Waals surface area (Å²) < 4.78 is 0. The van der Waals surface area contributed by atoms with Crippen LogP contribution in [0.15, 0.2) is 60.7 Å². The first-order valence-corrected chi connectivity index (χ1v) is 14.9. The van der Waals surface area contributed by atoms with Crippen molar-refractivity contribution in [1.29, 1.82) is 0 Å². The Balaban J connectivity index is 1.12. The lowest BCUT2D eigenvalue weighted by Gasteiger charge is -2.46. The lowest BCUT2D eigenvalue weighted by atomic mass is 9.64. The van der Waals surface area contributed by atoms with Crippen molar-refractivity contribution in [3.8, 4) is 16.9 Å². The smallest absolute Gasteiger partial charge is 0.255 e. The monoisotopic (exact) mass is 550 g/mol. The molecule has 212 valence electrons. The van der Waals surface area contributed by atoms with Gasteiger partial charge in [0.2, 0.25) is 0 Å². The second-order valence-electron chi connectivity index (χ2n) is 12.2. The molecule has 0 aromatic heterocycles. The molecule has 0 spiro atoms. The van der Waals surface area contributed by atoms with Crippen molar-refractivity contribution in [1.82, 2.24) is 10.2 Å². The third kappa shape index (κ3) is 5.84. The maximum Gasteiger partial charge on any atom is 0.255 e. The second kappa shape index (κ2) is 11.6. The molecule has 0 radical (unpaired) electrons. The number of Topliss-reactive ketones (excluding diaryl/α,β-unsaturated/α-hetero) is 1. The predicted molar refractivity (Wildman–Crippen MR) is 159 cm³/mol. The summed E-state index contributed by atoms with van der Waals surface area (Å²) in [6.45, 7) is 1.54. The van der Waals surface area contributed by atoms with Crippen LogP contribution in [0.2, 0.25) is 0 Å². The number of hydrogen-bond donors (Lipinski definition) is 2. The third-order valence-corrected chi connectivity index (χ3v) is 9.41. The van der Waals surface area contributed by atoms with Gasteiger partial charge in [0.1, 0.15) is 17.8 Å². The number of ketones is 1. The number of phenols is 1. The van der Waals surface area contributed by atoms with Gasteiger partial charge in [0, 0.05) is 43.1 Å². The van der Waals surface area contributed by atoms with Gasteiger partial charge in [0.05, 0.1) is 5.56 Å². The van der Waals surface area contributed by atoms with Crippen LogP contribution in [-0.4, -0.2) is 54.2 Å². The van der Waals surface area contributed by atoms with Gasteiger partial charge in [-0.1, -0.05) is 54.6 Å². The molecule has 0 bridgehead atoms. The molecule has 41 heavy (non-hydrogen) atoms. The van der Waals surface area contributed by atoms with Crippen molar-refractivity contribution in [3.63, 3.8) is 0 Å². The Labute approximate surface area is 241 Å². The van der Waals surface area contributed by atoms with E-state index in [-0.39, 0.29) is 23.4 Å². The summed E-state index contributed by atoms with van der Waals surface area (Å²) in [5.41, 5.74) is 6.04. The van der Waals surface area contributed by atoms with Crippen LogP contribution in [0, 0.1) is 11.8 Å². The zero-order valence-corrected chi connectivity index (χ0v) is 23.6. The van der Waals surface area contributed by atoms with E-state index >= 15 is 0 Å². The summed E-state index contributed by atoms with van der Waals surface area (Å²) in [5, 5.41) is 14.4. The Kier molecular flexibility index (Phi) is 7.76. The van der Waals surface area contributed by atoms with Crippen molar-refractivity contribution < 1.29 is 19.5 Å². The van der Waals surface area contributed by atoms with Gasteiger partial charge in [-0.15, -0.1) is 0 Å². The van der Waals surface area contributed by atoms with E-state index in [1.807, 2.05) is 42.5 Å². The van der Waals surface area contributed by atoms with Gasteiger partial charge < -0.3 is 15.3 Å². The highest BCUT2D eigenvalue weighted by molar-refractivity contribution is 5.97. The van der Waals surface area contributed by atoms with Crippen LogP contribution < -0.4 is 5.32 Å². The number of hydrogen-bond acceptors (Lipinski definition) is 5. The highest BCUT2D eigenvalue weighted by Gasteiger charge is 2.44.